The minimum absolute atomic E-state index is 0.247. The fourth-order valence-electron chi connectivity index (χ4n) is 2.32. The molecular weight excluding hydrogens is 353 g/mol. The number of halogens is 4. The Morgan fingerprint density at radius 2 is 2.10 bits per heavy atom. The first-order valence-corrected chi connectivity index (χ1v) is 7.04. The van der Waals surface area contributed by atoms with Crippen LogP contribution >= 0.6 is 15.9 Å². The van der Waals surface area contributed by atoms with E-state index in [2.05, 4.69) is 21.2 Å². The molecule has 21 heavy (non-hydrogen) atoms. The molecule has 8 heteroatoms. The molecule has 0 saturated carbocycles. The quantitative estimate of drug-likeness (QED) is 0.840. The second kappa shape index (κ2) is 5.94. The van der Waals surface area contributed by atoms with Crippen molar-refractivity contribution in [3.05, 3.63) is 33.8 Å². The van der Waals surface area contributed by atoms with E-state index < -0.39 is 35.4 Å². The maximum Gasteiger partial charge on any atom is 0.417 e. The molecule has 2 N–H and O–H groups in total. The molecule has 1 aromatic rings. The average Bonchev–Trinajstić information content (AvgIpc) is 2.82. The van der Waals surface area contributed by atoms with Gasteiger partial charge in [0.1, 0.15) is 0 Å². The number of hydrogen-bond donors (Lipinski definition) is 2. The molecule has 1 heterocycles. The molecule has 1 fully saturated rings. The number of aliphatic hydroxyl groups excluding tert-OH is 1. The van der Waals surface area contributed by atoms with E-state index in [1.807, 2.05) is 0 Å². The van der Waals surface area contributed by atoms with Crippen LogP contribution in [0.4, 0.5) is 13.2 Å². The van der Waals surface area contributed by atoms with Crippen molar-refractivity contribution in [3.63, 3.8) is 0 Å². The van der Waals surface area contributed by atoms with E-state index in [4.69, 9.17) is 0 Å². The van der Waals surface area contributed by atoms with Crippen molar-refractivity contribution < 1.29 is 23.1 Å². The van der Waals surface area contributed by atoms with Crippen molar-refractivity contribution in [2.24, 2.45) is 0 Å². The number of aliphatic hydroxyl groups is 1. The number of likely N-dealkylation sites (N-methyl/N-ethyl adjacent to an activating group) is 1. The van der Waals surface area contributed by atoms with Crippen LogP contribution in [0.1, 0.15) is 15.9 Å². The highest BCUT2D eigenvalue weighted by molar-refractivity contribution is 9.10. The Bertz CT molecular complexity index is 551. The van der Waals surface area contributed by atoms with E-state index in [0.717, 1.165) is 17.0 Å². The molecule has 1 aliphatic rings. The van der Waals surface area contributed by atoms with Crippen LogP contribution in [0, 0.1) is 0 Å². The molecule has 0 radical (unpaired) electrons. The van der Waals surface area contributed by atoms with E-state index in [9.17, 15) is 23.1 Å². The summed E-state index contributed by atoms with van der Waals surface area (Å²) in [6, 6.07) is 2.87. The van der Waals surface area contributed by atoms with E-state index in [-0.39, 0.29) is 4.47 Å². The smallest absolute Gasteiger partial charge is 0.390 e. The van der Waals surface area contributed by atoms with Crippen LogP contribution in [0.15, 0.2) is 22.7 Å². The molecular formula is C13H14BrF3N2O2. The molecule has 1 aliphatic heterocycles. The normalized spacial score (nSPS) is 22.4. The van der Waals surface area contributed by atoms with Gasteiger partial charge in [0.15, 0.2) is 0 Å². The van der Waals surface area contributed by atoms with Crippen molar-refractivity contribution in [3.8, 4) is 0 Å². The van der Waals surface area contributed by atoms with Gasteiger partial charge in [0.05, 0.1) is 23.3 Å². The summed E-state index contributed by atoms with van der Waals surface area (Å²) in [5.41, 5.74) is -1.42. The fourth-order valence-corrected chi connectivity index (χ4v) is 2.69. The van der Waals surface area contributed by atoms with Gasteiger partial charge in [0.25, 0.3) is 5.91 Å². The molecule has 0 unspecified atom stereocenters. The summed E-state index contributed by atoms with van der Waals surface area (Å²) < 4.78 is 39.4. The van der Waals surface area contributed by atoms with Gasteiger partial charge < -0.3 is 15.3 Å². The summed E-state index contributed by atoms with van der Waals surface area (Å²) in [7, 11) is 1.39. The Hall–Kier alpha value is -1.12. The molecule has 0 bridgehead atoms. The number of rotatable bonds is 2. The maximum absolute atomic E-state index is 13.1. The highest BCUT2D eigenvalue weighted by atomic mass is 79.9. The number of alkyl halides is 3. The van der Waals surface area contributed by atoms with Crippen molar-refractivity contribution in [1.29, 1.82) is 0 Å². The Kier molecular flexibility index (Phi) is 4.60. The number of β-amino-alcohol motifs (C(OH)–C–C–N with tert-alkyl or cyclic N) is 1. The Balaban J connectivity index is 2.35. The minimum Gasteiger partial charge on any atom is -0.390 e. The second-order valence-electron chi connectivity index (χ2n) is 4.90. The summed E-state index contributed by atoms with van der Waals surface area (Å²) >= 11 is 2.98. The fraction of sp³-hybridized carbons (Fsp3) is 0.462. The van der Waals surface area contributed by atoms with Crippen LogP contribution in [0.2, 0.25) is 0 Å². The number of carbonyl (C=O) groups excluding carboxylic acids is 1. The first-order valence-electron chi connectivity index (χ1n) is 6.24. The van der Waals surface area contributed by atoms with Crippen LogP contribution in [0.3, 0.4) is 0 Å². The highest BCUT2D eigenvalue weighted by Crippen LogP contribution is 2.34. The molecule has 116 valence electrons. The monoisotopic (exact) mass is 366 g/mol. The van der Waals surface area contributed by atoms with Crippen molar-refractivity contribution in [1.82, 2.24) is 10.2 Å². The number of carbonyl (C=O) groups is 1. The Morgan fingerprint density at radius 3 is 2.62 bits per heavy atom. The maximum atomic E-state index is 13.1. The summed E-state index contributed by atoms with van der Waals surface area (Å²) in [4.78, 5) is 13.5. The van der Waals surface area contributed by atoms with Crippen LogP contribution < -0.4 is 5.32 Å². The summed E-state index contributed by atoms with van der Waals surface area (Å²) in [6.45, 7) is 0.663. The zero-order valence-electron chi connectivity index (χ0n) is 11.1. The van der Waals surface area contributed by atoms with Gasteiger partial charge >= 0.3 is 6.18 Å². The van der Waals surface area contributed by atoms with Crippen molar-refractivity contribution in [2.75, 3.05) is 20.1 Å². The summed E-state index contributed by atoms with van der Waals surface area (Å²) in [5.74, 6) is -0.762. The van der Waals surface area contributed by atoms with E-state index in [0.29, 0.717) is 13.1 Å². The third-order valence-electron chi connectivity index (χ3n) is 3.49. The lowest BCUT2D eigenvalue weighted by atomic mass is 10.0. The Morgan fingerprint density at radius 1 is 1.43 bits per heavy atom. The van der Waals surface area contributed by atoms with E-state index in [1.165, 1.54) is 13.1 Å². The molecule has 1 amide bonds. The molecule has 4 nitrogen and oxygen atoms in total. The van der Waals surface area contributed by atoms with Crippen LogP contribution in [-0.4, -0.2) is 48.2 Å². The topological polar surface area (TPSA) is 52.6 Å². The molecule has 0 spiro atoms. The average molecular weight is 367 g/mol. The number of nitrogens with one attached hydrogen (secondary N) is 1. The largest absolute Gasteiger partial charge is 0.417 e. The standard InChI is InChI=1S/C13H14BrF3N2O2/c1-19(10-5-18-6-11(10)20)12(21)8-3-2-7(14)4-9(8)13(15,16)17/h2-4,10-11,18,20H,5-6H2,1H3/t10-,11-/m1/s1. The van der Waals surface area contributed by atoms with Gasteiger partial charge in [-0.3, -0.25) is 4.79 Å². The van der Waals surface area contributed by atoms with Crippen LogP contribution in [0.25, 0.3) is 0 Å². The van der Waals surface area contributed by atoms with Gasteiger partial charge in [0.2, 0.25) is 0 Å². The van der Waals surface area contributed by atoms with Crippen molar-refractivity contribution in [2.45, 2.75) is 18.3 Å². The highest BCUT2D eigenvalue weighted by Gasteiger charge is 2.38. The third-order valence-corrected chi connectivity index (χ3v) is 3.98. The third kappa shape index (κ3) is 3.38. The number of benzene rings is 1. The molecule has 0 aliphatic carbocycles. The van der Waals surface area contributed by atoms with Gasteiger partial charge in [-0.2, -0.15) is 13.2 Å². The van der Waals surface area contributed by atoms with Gasteiger partial charge in [-0.1, -0.05) is 15.9 Å². The number of nitrogens with zero attached hydrogens (tertiary/aromatic N) is 1. The summed E-state index contributed by atoms with van der Waals surface area (Å²) in [5, 5.41) is 12.6. The van der Waals surface area contributed by atoms with E-state index in [1.54, 1.807) is 0 Å². The van der Waals surface area contributed by atoms with Crippen molar-refractivity contribution >= 4 is 21.8 Å². The Labute approximate surface area is 128 Å². The zero-order chi connectivity index (χ0) is 15.8. The number of amides is 1. The lowest BCUT2D eigenvalue weighted by Crippen LogP contribution is -2.44. The van der Waals surface area contributed by atoms with E-state index >= 15 is 0 Å². The molecule has 1 aromatic carbocycles. The van der Waals surface area contributed by atoms with Crippen LogP contribution in [-0.2, 0) is 6.18 Å². The van der Waals surface area contributed by atoms with Gasteiger partial charge in [-0.15, -0.1) is 0 Å². The first-order chi connectivity index (χ1) is 9.71. The van der Waals surface area contributed by atoms with Crippen LogP contribution in [0.5, 0.6) is 0 Å². The summed E-state index contributed by atoms with van der Waals surface area (Å²) in [6.07, 6.45) is -5.41. The van der Waals surface area contributed by atoms with Gasteiger partial charge in [0, 0.05) is 24.6 Å². The molecule has 0 aromatic heterocycles. The molecule has 2 atom stereocenters. The molecule has 2 rings (SSSR count). The SMILES string of the molecule is CN(C(=O)c1ccc(Br)cc1C(F)(F)F)[C@@H]1CNC[C@H]1O. The lowest BCUT2D eigenvalue weighted by molar-refractivity contribution is -0.138. The zero-order valence-corrected chi connectivity index (χ0v) is 12.7. The minimum atomic E-state index is -4.62. The van der Waals surface area contributed by atoms with Gasteiger partial charge in [-0.05, 0) is 18.2 Å². The first kappa shape index (κ1) is 16.3. The van der Waals surface area contributed by atoms with Gasteiger partial charge in [-0.25, -0.2) is 0 Å². The second-order valence-corrected chi connectivity index (χ2v) is 5.81. The number of hydrogen-bond acceptors (Lipinski definition) is 3. The molecule has 1 saturated heterocycles. The predicted molar refractivity (Wildman–Crippen MR) is 73.9 cm³/mol. The lowest BCUT2D eigenvalue weighted by Gasteiger charge is -2.27. The predicted octanol–water partition coefficient (Wildman–Crippen LogP) is 1.87.